The number of nitrogens with zero attached hydrogens (tertiary/aromatic N) is 2. The summed E-state index contributed by atoms with van der Waals surface area (Å²) in [6, 6.07) is 1.15. The number of halogens is 2. The van der Waals surface area contributed by atoms with Crippen molar-refractivity contribution in [3.63, 3.8) is 0 Å². The molecule has 10 heteroatoms. The Bertz CT molecular complexity index is 790. The van der Waals surface area contributed by atoms with Gasteiger partial charge in [0.2, 0.25) is 5.89 Å². The monoisotopic (exact) mass is 333 g/mol. The molecule has 0 radical (unpaired) electrons. The van der Waals surface area contributed by atoms with Gasteiger partial charge in [0.25, 0.3) is 16.0 Å². The van der Waals surface area contributed by atoms with Gasteiger partial charge in [-0.1, -0.05) is 13.8 Å². The van der Waals surface area contributed by atoms with E-state index in [9.17, 15) is 17.2 Å². The summed E-state index contributed by atoms with van der Waals surface area (Å²) in [6.45, 7) is 3.54. The summed E-state index contributed by atoms with van der Waals surface area (Å²) in [5.41, 5.74) is 0. The van der Waals surface area contributed by atoms with Crippen molar-refractivity contribution >= 4 is 16.0 Å². The largest absolute Gasteiger partial charge is 0.494 e. The number of hydrogen-bond acceptors (Lipinski definition) is 6. The van der Waals surface area contributed by atoms with Crippen molar-refractivity contribution in [2.75, 3.05) is 11.8 Å². The fraction of sp³-hybridized carbons (Fsp3) is 0.333. The Labute approximate surface area is 125 Å². The number of aromatic nitrogens is 2. The molecule has 7 nitrogen and oxygen atoms in total. The van der Waals surface area contributed by atoms with Gasteiger partial charge in [-0.25, -0.2) is 21.9 Å². The van der Waals surface area contributed by atoms with Crippen LogP contribution in [0.15, 0.2) is 21.6 Å². The van der Waals surface area contributed by atoms with Crippen LogP contribution in [-0.2, 0) is 10.0 Å². The number of anilines is 1. The molecule has 0 unspecified atom stereocenters. The number of methoxy groups -OCH3 is 1. The number of nitrogens with one attached hydrogen (secondary N) is 1. The van der Waals surface area contributed by atoms with Crippen molar-refractivity contribution < 1.29 is 26.5 Å². The average molecular weight is 333 g/mol. The van der Waals surface area contributed by atoms with Gasteiger partial charge in [0.1, 0.15) is 10.7 Å². The van der Waals surface area contributed by atoms with Gasteiger partial charge in [0.15, 0.2) is 11.6 Å². The lowest BCUT2D eigenvalue weighted by Gasteiger charge is -2.08. The first-order valence-corrected chi connectivity index (χ1v) is 7.62. The maximum absolute atomic E-state index is 13.8. The lowest BCUT2D eigenvalue weighted by Crippen LogP contribution is -2.16. The molecule has 0 aliphatic rings. The van der Waals surface area contributed by atoms with Crippen LogP contribution in [0.2, 0.25) is 0 Å². The Kier molecular flexibility index (Phi) is 4.31. The first kappa shape index (κ1) is 16.1. The molecule has 2 aromatic rings. The van der Waals surface area contributed by atoms with Crippen LogP contribution in [-0.4, -0.2) is 25.7 Å². The van der Waals surface area contributed by atoms with Crippen LogP contribution in [0, 0.1) is 11.6 Å². The molecule has 1 heterocycles. The van der Waals surface area contributed by atoms with Crippen LogP contribution in [0.25, 0.3) is 0 Å². The van der Waals surface area contributed by atoms with Crippen LogP contribution in [0.5, 0.6) is 5.75 Å². The fourth-order valence-electron chi connectivity index (χ4n) is 1.56. The molecule has 0 fully saturated rings. The van der Waals surface area contributed by atoms with Gasteiger partial charge in [-0.3, -0.25) is 0 Å². The van der Waals surface area contributed by atoms with E-state index in [1.165, 1.54) is 0 Å². The standard InChI is InChI=1S/C12H13F2N3O4S/c1-6(2)11-15-12(16-21-11)17-22(18,19)10-5-7(13)9(20-3)4-8(10)14/h4-6H,1-3H3,(H,16,17). The molecule has 120 valence electrons. The Morgan fingerprint density at radius 2 is 1.95 bits per heavy atom. The molecule has 0 atom stereocenters. The van der Waals surface area contributed by atoms with Crippen molar-refractivity contribution in [2.45, 2.75) is 24.7 Å². The van der Waals surface area contributed by atoms with Crippen LogP contribution in [0.3, 0.4) is 0 Å². The summed E-state index contributed by atoms with van der Waals surface area (Å²) < 4.78 is 62.9. The second-order valence-corrected chi connectivity index (χ2v) is 6.28. The van der Waals surface area contributed by atoms with Crippen LogP contribution in [0.1, 0.15) is 25.7 Å². The Balaban J connectivity index is 2.36. The van der Waals surface area contributed by atoms with E-state index >= 15 is 0 Å². The quantitative estimate of drug-likeness (QED) is 0.902. The normalized spacial score (nSPS) is 11.7. The minimum atomic E-state index is -4.41. The molecular formula is C12H13F2N3O4S. The summed E-state index contributed by atoms with van der Waals surface area (Å²) in [4.78, 5) is 2.91. The Hall–Kier alpha value is -2.23. The van der Waals surface area contributed by atoms with E-state index in [4.69, 9.17) is 4.52 Å². The van der Waals surface area contributed by atoms with E-state index in [0.29, 0.717) is 12.1 Å². The van der Waals surface area contributed by atoms with Gasteiger partial charge in [0.05, 0.1) is 7.11 Å². The smallest absolute Gasteiger partial charge is 0.277 e. The lowest BCUT2D eigenvalue weighted by atomic mass is 10.2. The van der Waals surface area contributed by atoms with E-state index in [0.717, 1.165) is 7.11 Å². The summed E-state index contributed by atoms with van der Waals surface area (Å²) in [6.07, 6.45) is 0. The Morgan fingerprint density at radius 3 is 2.50 bits per heavy atom. The highest BCUT2D eigenvalue weighted by Gasteiger charge is 2.24. The van der Waals surface area contributed by atoms with E-state index in [1.807, 2.05) is 4.72 Å². The number of rotatable bonds is 5. The zero-order valence-electron chi connectivity index (χ0n) is 11.9. The molecule has 0 saturated heterocycles. The molecular weight excluding hydrogens is 320 g/mol. The van der Waals surface area contributed by atoms with Gasteiger partial charge in [-0.05, 0) is 5.16 Å². The highest BCUT2D eigenvalue weighted by Crippen LogP contribution is 2.25. The Morgan fingerprint density at radius 1 is 1.27 bits per heavy atom. The van der Waals surface area contributed by atoms with Gasteiger partial charge in [-0.2, -0.15) is 4.98 Å². The predicted molar refractivity (Wildman–Crippen MR) is 72.1 cm³/mol. The third-order valence-electron chi connectivity index (χ3n) is 2.66. The number of ether oxygens (including phenoxy) is 1. The minimum absolute atomic E-state index is 0.110. The topological polar surface area (TPSA) is 94.3 Å². The molecule has 1 aromatic carbocycles. The van der Waals surface area contributed by atoms with Gasteiger partial charge >= 0.3 is 0 Å². The average Bonchev–Trinajstić information content (AvgIpc) is 2.88. The van der Waals surface area contributed by atoms with Crippen molar-refractivity contribution in [3.8, 4) is 5.75 Å². The van der Waals surface area contributed by atoms with E-state index < -0.39 is 32.3 Å². The van der Waals surface area contributed by atoms with Gasteiger partial charge in [0, 0.05) is 18.1 Å². The highest BCUT2D eigenvalue weighted by molar-refractivity contribution is 7.92. The van der Waals surface area contributed by atoms with Gasteiger partial charge in [-0.15, -0.1) is 0 Å². The summed E-state index contributed by atoms with van der Waals surface area (Å²) in [7, 11) is -3.27. The SMILES string of the molecule is COc1cc(F)c(S(=O)(=O)Nc2noc(C(C)C)n2)cc1F. The van der Waals surface area contributed by atoms with Gasteiger partial charge < -0.3 is 9.26 Å². The van der Waals surface area contributed by atoms with Crippen LogP contribution >= 0.6 is 0 Å². The second-order valence-electron chi connectivity index (χ2n) is 4.63. The van der Waals surface area contributed by atoms with Crippen molar-refractivity contribution in [1.29, 1.82) is 0 Å². The molecule has 1 aromatic heterocycles. The maximum Gasteiger partial charge on any atom is 0.277 e. The van der Waals surface area contributed by atoms with Crippen molar-refractivity contribution in [2.24, 2.45) is 0 Å². The van der Waals surface area contributed by atoms with Crippen molar-refractivity contribution in [3.05, 3.63) is 29.7 Å². The third-order valence-corrected chi connectivity index (χ3v) is 4.00. The molecule has 0 saturated carbocycles. The second kappa shape index (κ2) is 5.87. The molecule has 2 rings (SSSR count). The third kappa shape index (κ3) is 3.16. The number of sulfonamides is 1. The molecule has 1 N–H and O–H groups in total. The van der Waals surface area contributed by atoms with E-state index in [1.54, 1.807) is 13.8 Å². The molecule has 0 aliphatic carbocycles. The fourth-order valence-corrected chi connectivity index (χ4v) is 2.57. The maximum atomic E-state index is 13.8. The predicted octanol–water partition coefficient (Wildman–Crippen LogP) is 2.28. The number of hydrogen-bond donors (Lipinski definition) is 1. The zero-order valence-corrected chi connectivity index (χ0v) is 12.7. The van der Waals surface area contributed by atoms with Crippen molar-refractivity contribution in [1.82, 2.24) is 10.1 Å². The number of benzene rings is 1. The first-order chi connectivity index (χ1) is 10.2. The summed E-state index contributed by atoms with van der Waals surface area (Å²) in [5, 5.41) is 3.42. The molecule has 0 amide bonds. The summed E-state index contributed by atoms with van der Waals surface area (Å²) in [5.74, 6) is -2.85. The van der Waals surface area contributed by atoms with E-state index in [-0.39, 0.29) is 17.8 Å². The molecule has 0 aliphatic heterocycles. The lowest BCUT2D eigenvalue weighted by molar-refractivity contribution is 0.366. The van der Waals surface area contributed by atoms with E-state index in [2.05, 4.69) is 14.9 Å². The molecule has 22 heavy (non-hydrogen) atoms. The minimum Gasteiger partial charge on any atom is -0.494 e. The zero-order chi connectivity index (χ0) is 16.5. The first-order valence-electron chi connectivity index (χ1n) is 6.14. The molecule has 0 spiro atoms. The summed E-state index contributed by atoms with van der Waals surface area (Å²) >= 11 is 0. The van der Waals surface area contributed by atoms with Crippen LogP contribution < -0.4 is 9.46 Å². The molecule has 0 bridgehead atoms. The van der Waals surface area contributed by atoms with Crippen LogP contribution in [0.4, 0.5) is 14.7 Å². The highest BCUT2D eigenvalue weighted by atomic mass is 32.2.